The van der Waals surface area contributed by atoms with Crippen molar-refractivity contribution in [3.63, 3.8) is 0 Å². The summed E-state index contributed by atoms with van der Waals surface area (Å²) in [6.07, 6.45) is 2.88. The number of carbonyl (C=O) groups excluding carboxylic acids is 2. The van der Waals surface area contributed by atoms with Gasteiger partial charge in [0.25, 0.3) is 0 Å². The molecular weight excluding hydrogens is 556 g/mol. The second kappa shape index (κ2) is 13.1. The van der Waals surface area contributed by atoms with Crippen molar-refractivity contribution in [2.24, 2.45) is 0 Å². The van der Waals surface area contributed by atoms with Crippen molar-refractivity contribution in [3.8, 4) is 22.6 Å². The van der Waals surface area contributed by atoms with Gasteiger partial charge < -0.3 is 24.3 Å². The van der Waals surface area contributed by atoms with Gasteiger partial charge in [0, 0.05) is 30.1 Å². The molecule has 4 rings (SSSR count). The van der Waals surface area contributed by atoms with Crippen molar-refractivity contribution >= 4 is 44.3 Å². The molecule has 1 saturated heterocycles. The van der Waals surface area contributed by atoms with Crippen molar-refractivity contribution in [1.29, 1.82) is 0 Å². The van der Waals surface area contributed by atoms with Crippen LogP contribution in [0.1, 0.15) is 22.8 Å². The third-order valence-corrected chi connectivity index (χ3v) is 8.93. The number of nitrogens with zero attached hydrogens (tertiary/aromatic N) is 1. The second-order valence-electron chi connectivity index (χ2n) is 8.55. The number of nitrogens with one attached hydrogen (secondary N) is 1. The van der Waals surface area contributed by atoms with Crippen molar-refractivity contribution in [2.75, 3.05) is 52.4 Å². The van der Waals surface area contributed by atoms with Gasteiger partial charge in [-0.2, -0.15) is 4.31 Å². The number of hydrogen-bond acceptors (Lipinski definition) is 9. The van der Waals surface area contributed by atoms with Gasteiger partial charge >= 0.3 is 5.97 Å². The average Bonchev–Trinajstić information content (AvgIpc) is 3.40. The molecule has 0 atom stereocenters. The molecule has 3 aromatic rings. The Hall–Kier alpha value is -3.71. The number of thiophene rings is 1. The molecule has 1 amide bonds. The molecule has 0 spiro atoms. The van der Waals surface area contributed by atoms with Crippen molar-refractivity contribution in [2.45, 2.75) is 11.8 Å². The summed E-state index contributed by atoms with van der Waals surface area (Å²) in [5.74, 6) is 0.0176. The number of anilines is 1. The minimum absolute atomic E-state index is 0.171. The van der Waals surface area contributed by atoms with Crippen LogP contribution < -0.4 is 14.8 Å². The van der Waals surface area contributed by atoms with E-state index >= 15 is 0 Å². The molecule has 1 aromatic heterocycles. The van der Waals surface area contributed by atoms with Crippen LogP contribution in [0, 0.1) is 0 Å². The SMILES string of the molecule is CCOC(=O)c1c(-c2ccc(OC)c(OC)c2)csc1NC(=O)/C=C/c1ccc(S(=O)(=O)N2CCOCC2)cc1. The van der Waals surface area contributed by atoms with Gasteiger partial charge in [0.05, 0.1) is 38.9 Å². The van der Waals surface area contributed by atoms with E-state index in [-0.39, 0.29) is 17.1 Å². The maximum absolute atomic E-state index is 12.9. The van der Waals surface area contributed by atoms with E-state index in [4.69, 9.17) is 18.9 Å². The molecule has 0 radical (unpaired) electrons. The summed E-state index contributed by atoms with van der Waals surface area (Å²) in [7, 11) is -0.544. The van der Waals surface area contributed by atoms with E-state index in [1.165, 1.54) is 48.1 Å². The molecule has 2 aromatic carbocycles. The first kappa shape index (κ1) is 29.3. The highest BCUT2D eigenvalue weighted by atomic mass is 32.2. The van der Waals surface area contributed by atoms with Crippen LogP contribution in [0.25, 0.3) is 17.2 Å². The normalized spacial score (nSPS) is 14.2. The predicted molar refractivity (Wildman–Crippen MR) is 152 cm³/mol. The fraction of sp³-hybridized carbons (Fsp3) is 0.286. The van der Waals surface area contributed by atoms with Crippen LogP contribution in [0.5, 0.6) is 11.5 Å². The summed E-state index contributed by atoms with van der Waals surface area (Å²) in [5, 5.41) is 4.86. The minimum atomic E-state index is -3.60. The molecule has 0 aliphatic carbocycles. The standard InChI is InChI=1S/C28H30N2O8S2/c1-4-38-28(32)26-22(20-8-11-23(35-2)24(17-20)36-3)18-39-27(26)29-25(31)12-7-19-5-9-21(10-6-19)40(33,34)30-13-15-37-16-14-30/h5-12,17-18H,4,13-16H2,1-3H3,(H,29,31)/b12-7+. The van der Waals surface area contributed by atoms with Crippen LogP contribution >= 0.6 is 11.3 Å². The van der Waals surface area contributed by atoms with E-state index in [1.807, 2.05) is 0 Å². The first-order valence-corrected chi connectivity index (χ1v) is 14.8. The molecule has 12 heteroatoms. The van der Waals surface area contributed by atoms with Crippen molar-refractivity contribution < 1.29 is 37.0 Å². The second-order valence-corrected chi connectivity index (χ2v) is 11.4. The Kier molecular flexibility index (Phi) is 9.58. The van der Waals surface area contributed by atoms with Gasteiger partial charge in [0.1, 0.15) is 10.6 Å². The number of amides is 1. The van der Waals surface area contributed by atoms with Crippen molar-refractivity contribution in [1.82, 2.24) is 4.31 Å². The fourth-order valence-electron chi connectivity index (χ4n) is 4.08. The van der Waals surface area contributed by atoms with Crippen LogP contribution in [0.3, 0.4) is 0 Å². The number of benzene rings is 2. The molecule has 0 unspecified atom stereocenters. The van der Waals surface area contributed by atoms with E-state index in [1.54, 1.807) is 48.7 Å². The lowest BCUT2D eigenvalue weighted by molar-refractivity contribution is -0.111. The van der Waals surface area contributed by atoms with Gasteiger partial charge in [0.2, 0.25) is 15.9 Å². The van der Waals surface area contributed by atoms with Gasteiger partial charge in [-0.25, -0.2) is 13.2 Å². The Labute approximate surface area is 237 Å². The molecule has 2 heterocycles. The maximum Gasteiger partial charge on any atom is 0.341 e. The zero-order valence-corrected chi connectivity index (χ0v) is 24.0. The molecule has 40 heavy (non-hydrogen) atoms. The lowest BCUT2D eigenvalue weighted by Gasteiger charge is -2.26. The quantitative estimate of drug-likeness (QED) is 0.276. The summed E-state index contributed by atoms with van der Waals surface area (Å²) in [5.41, 5.74) is 2.15. The van der Waals surface area contributed by atoms with E-state index < -0.39 is 21.9 Å². The number of rotatable bonds is 10. The topological polar surface area (TPSA) is 120 Å². The zero-order valence-electron chi connectivity index (χ0n) is 22.3. The van der Waals surface area contributed by atoms with Gasteiger partial charge in [-0.3, -0.25) is 4.79 Å². The Morgan fingerprint density at radius 3 is 2.40 bits per heavy atom. The number of carbonyl (C=O) groups is 2. The van der Waals surface area contributed by atoms with E-state index in [0.717, 1.165) is 0 Å². The third-order valence-electron chi connectivity index (χ3n) is 6.12. The molecular formula is C28H30N2O8S2. The number of esters is 1. The molecule has 1 N–H and O–H groups in total. The smallest absolute Gasteiger partial charge is 0.341 e. The van der Waals surface area contributed by atoms with E-state index in [2.05, 4.69) is 5.32 Å². The van der Waals surface area contributed by atoms with Crippen LogP contribution in [-0.2, 0) is 24.3 Å². The van der Waals surface area contributed by atoms with Gasteiger partial charge in [-0.1, -0.05) is 18.2 Å². The molecule has 212 valence electrons. The Balaban J connectivity index is 1.52. The lowest BCUT2D eigenvalue weighted by Crippen LogP contribution is -2.40. The average molecular weight is 587 g/mol. The molecule has 1 fully saturated rings. The van der Waals surface area contributed by atoms with Crippen LogP contribution in [0.2, 0.25) is 0 Å². The number of morpholine rings is 1. The van der Waals surface area contributed by atoms with E-state index in [9.17, 15) is 18.0 Å². The predicted octanol–water partition coefficient (Wildman–Crippen LogP) is 4.28. The number of hydrogen-bond donors (Lipinski definition) is 1. The number of sulfonamides is 1. The summed E-state index contributed by atoms with van der Waals surface area (Å²) in [6, 6.07) is 11.5. The van der Waals surface area contributed by atoms with Gasteiger partial charge in [0.15, 0.2) is 11.5 Å². The van der Waals surface area contributed by atoms with Crippen LogP contribution in [-0.4, -0.2) is 71.7 Å². The highest BCUT2D eigenvalue weighted by Gasteiger charge is 2.26. The van der Waals surface area contributed by atoms with E-state index in [0.29, 0.717) is 59.5 Å². The summed E-state index contributed by atoms with van der Waals surface area (Å²) >= 11 is 1.20. The highest BCUT2D eigenvalue weighted by Crippen LogP contribution is 2.39. The van der Waals surface area contributed by atoms with Crippen LogP contribution in [0.15, 0.2) is 58.8 Å². The molecule has 0 bridgehead atoms. The van der Waals surface area contributed by atoms with Crippen LogP contribution in [0.4, 0.5) is 5.00 Å². The summed E-state index contributed by atoms with van der Waals surface area (Å²) < 4.78 is 48.2. The molecule has 1 aliphatic rings. The lowest BCUT2D eigenvalue weighted by atomic mass is 10.0. The minimum Gasteiger partial charge on any atom is -0.493 e. The first-order valence-electron chi connectivity index (χ1n) is 12.5. The Morgan fingerprint density at radius 1 is 1.05 bits per heavy atom. The fourth-order valence-corrected chi connectivity index (χ4v) is 6.45. The zero-order chi connectivity index (χ0) is 28.7. The number of ether oxygens (including phenoxy) is 4. The number of methoxy groups -OCH3 is 2. The highest BCUT2D eigenvalue weighted by molar-refractivity contribution is 7.89. The summed E-state index contributed by atoms with van der Waals surface area (Å²) in [6.45, 7) is 3.24. The Bertz CT molecular complexity index is 1490. The van der Waals surface area contributed by atoms with Gasteiger partial charge in [-0.15, -0.1) is 11.3 Å². The third kappa shape index (κ3) is 6.53. The van der Waals surface area contributed by atoms with Crippen molar-refractivity contribution in [3.05, 3.63) is 65.0 Å². The molecule has 1 aliphatic heterocycles. The Morgan fingerprint density at radius 2 is 1.75 bits per heavy atom. The maximum atomic E-state index is 12.9. The summed E-state index contributed by atoms with van der Waals surface area (Å²) in [4.78, 5) is 25.8. The van der Waals surface area contributed by atoms with Gasteiger partial charge in [-0.05, 0) is 48.4 Å². The molecule has 10 nitrogen and oxygen atoms in total. The largest absolute Gasteiger partial charge is 0.493 e. The monoisotopic (exact) mass is 586 g/mol. The molecule has 0 saturated carbocycles. The first-order chi connectivity index (χ1) is 19.3.